The quantitative estimate of drug-likeness (QED) is 0.648. The molecule has 0 spiro atoms. The smallest absolute Gasteiger partial charge is 0.254 e. The molecule has 174 valence electrons. The molecule has 1 aliphatic rings. The molecule has 0 radical (unpaired) electrons. The molecule has 2 aromatic carbocycles. The number of piperidine rings is 1. The van der Waals surface area contributed by atoms with E-state index in [1.165, 1.54) is 17.5 Å². The van der Waals surface area contributed by atoms with Gasteiger partial charge in [0, 0.05) is 19.6 Å². The number of benzene rings is 2. The van der Waals surface area contributed by atoms with Gasteiger partial charge in [-0.15, -0.1) is 0 Å². The fourth-order valence-corrected chi connectivity index (χ4v) is 5.43. The van der Waals surface area contributed by atoms with E-state index >= 15 is 0 Å². The molecule has 9 heteroatoms. The van der Waals surface area contributed by atoms with Crippen molar-refractivity contribution in [3.05, 3.63) is 53.3 Å². The van der Waals surface area contributed by atoms with E-state index in [2.05, 4.69) is 5.32 Å². The molecule has 1 N–H and O–H groups in total. The maximum Gasteiger partial charge on any atom is 0.254 e. The predicted octanol–water partition coefficient (Wildman–Crippen LogP) is 3.24. The van der Waals surface area contributed by atoms with Crippen LogP contribution < -0.4 is 14.8 Å². The van der Waals surface area contributed by atoms with Gasteiger partial charge in [-0.25, -0.2) is 12.8 Å². The van der Waals surface area contributed by atoms with Crippen molar-refractivity contribution < 1.29 is 27.1 Å². The number of nitrogens with zero attached hydrogens (tertiary/aromatic N) is 1. The lowest BCUT2D eigenvalue weighted by Crippen LogP contribution is -2.39. The zero-order chi connectivity index (χ0) is 23.3. The summed E-state index contributed by atoms with van der Waals surface area (Å²) in [5, 5.41) is 2.66. The highest BCUT2D eigenvalue weighted by Gasteiger charge is 2.29. The van der Waals surface area contributed by atoms with Crippen molar-refractivity contribution in [3.8, 4) is 11.5 Å². The number of carbonyl (C=O) groups is 1. The molecule has 1 fully saturated rings. The molecule has 1 aliphatic heterocycles. The first kappa shape index (κ1) is 24.0. The topological polar surface area (TPSA) is 84.9 Å². The first-order valence-corrected chi connectivity index (χ1v) is 12.0. The van der Waals surface area contributed by atoms with Gasteiger partial charge < -0.3 is 14.8 Å². The zero-order valence-corrected chi connectivity index (χ0v) is 19.4. The fourth-order valence-electron chi connectivity index (χ4n) is 3.80. The summed E-state index contributed by atoms with van der Waals surface area (Å²) in [6, 6.07) is 8.79. The van der Waals surface area contributed by atoms with Crippen LogP contribution in [0.5, 0.6) is 11.5 Å². The van der Waals surface area contributed by atoms with Gasteiger partial charge in [-0.3, -0.25) is 4.79 Å². The van der Waals surface area contributed by atoms with Gasteiger partial charge in [0.25, 0.3) is 5.91 Å². The molecular formula is C23H29FN2O5S. The summed E-state index contributed by atoms with van der Waals surface area (Å²) in [6.07, 6.45) is 2.24. The number of nitrogens with one attached hydrogen (secondary N) is 1. The summed E-state index contributed by atoms with van der Waals surface area (Å²) >= 11 is 0. The third-order valence-corrected chi connectivity index (χ3v) is 7.45. The van der Waals surface area contributed by atoms with Crippen molar-refractivity contribution in [3.63, 3.8) is 0 Å². The van der Waals surface area contributed by atoms with Crippen LogP contribution in [0.4, 0.5) is 4.39 Å². The van der Waals surface area contributed by atoms with Gasteiger partial charge in [-0.2, -0.15) is 4.31 Å². The summed E-state index contributed by atoms with van der Waals surface area (Å²) in [5.41, 5.74) is 0.613. The highest BCUT2D eigenvalue weighted by Crippen LogP contribution is 2.28. The second-order valence-corrected chi connectivity index (χ2v) is 9.89. The van der Waals surface area contributed by atoms with Crippen molar-refractivity contribution >= 4 is 15.9 Å². The van der Waals surface area contributed by atoms with Gasteiger partial charge in [-0.05, 0) is 61.1 Å². The molecule has 1 saturated heterocycles. The van der Waals surface area contributed by atoms with Crippen molar-refractivity contribution in [2.75, 3.05) is 33.9 Å². The number of amides is 1. The van der Waals surface area contributed by atoms with E-state index in [0.717, 1.165) is 30.5 Å². The van der Waals surface area contributed by atoms with Crippen LogP contribution in [-0.4, -0.2) is 52.5 Å². The predicted molar refractivity (Wildman–Crippen MR) is 119 cm³/mol. The van der Waals surface area contributed by atoms with Gasteiger partial charge >= 0.3 is 0 Å². The van der Waals surface area contributed by atoms with Crippen LogP contribution in [0.15, 0.2) is 41.3 Å². The summed E-state index contributed by atoms with van der Waals surface area (Å²) < 4.78 is 52.2. The average Bonchev–Trinajstić information content (AvgIpc) is 2.79. The second-order valence-electron chi connectivity index (χ2n) is 7.95. The monoisotopic (exact) mass is 464 g/mol. The molecule has 0 saturated carbocycles. The van der Waals surface area contributed by atoms with Crippen LogP contribution >= 0.6 is 0 Å². The van der Waals surface area contributed by atoms with Crippen LogP contribution in [0.2, 0.25) is 0 Å². The van der Waals surface area contributed by atoms with Crippen LogP contribution in [0.3, 0.4) is 0 Å². The normalized spacial score (nSPS) is 17.1. The standard InChI is InChI=1S/C23H29FN2O5S/c1-16-5-4-12-26(15-16)32(28,29)18-7-8-20(24)19(14-18)23(27)25-11-10-17-6-9-21(30-2)22(13-17)31-3/h6-9,13-14,16H,4-5,10-12,15H2,1-3H3,(H,25,27)/t16-/m1/s1. The lowest BCUT2D eigenvalue weighted by molar-refractivity contribution is 0.0950. The summed E-state index contributed by atoms with van der Waals surface area (Å²) in [5.74, 6) is 0.0146. The Hall–Kier alpha value is -2.65. The molecule has 1 atom stereocenters. The van der Waals surface area contributed by atoms with E-state index in [4.69, 9.17) is 9.47 Å². The maximum atomic E-state index is 14.3. The number of sulfonamides is 1. The van der Waals surface area contributed by atoms with E-state index in [1.807, 2.05) is 13.0 Å². The van der Waals surface area contributed by atoms with E-state index in [-0.39, 0.29) is 22.9 Å². The first-order chi connectivity index (χ1) is 15.3. The molecule has 7 nitrogen and oxygen atoms in total. The number of hydrogen-bond donors (Lipinski definition) is 1. The molecule has 0 aliphatic carbocycles. The highest BCUT2D eigenvalue weighted by molar-refractivity contribution is 7.89. The molecule has 3 rings (SSSR count). The lowest BCUT2D eigenvalue weighted by Gasteiger charge is -2.30. The molecule has 32 heavy (non-hydrogen) atoms. The minimum Gasteiger partial charge on any atom is -0.493 e. The van der Waals surface area contributed by atoms with Crippen LogP contribution in [0.25, 0.3) is 0 Å². The summed E-state index contributed by atoms with van der Waals surface area (Å²) in [7, 11) is -0.697. The minimum atomic E-state index is -3.78. The molecular weight excluding hydrogens is 435 g/mol. The van der Waals surface area contributed by atoms with Crippen LogP contribution in [-0.2, 0) is 16.4 Å². The Bertz CT molecular complexity index is 1070. The second kappa shape index (κ2) is 10.3. The Labute approximate surface area is 188 Å². The zero-order valence-electron chi connectivity index (χ0n) is 18.6. The van der Waals surface area contributed by atoms with Gasteiger partial charge in [0.15, 0.2) is 11.5 Å². The van der Waals surface area contributed by atoms with E-state index in [0.29, 0.717) is 31.0 Å². The fraction of sp³-hybridized carbons (Fsp3) is 0.435. The van der Waals surface area contributed by atoms with Crippen molar-refractivity contribution in [1.82, 2.24) is 9.62 Å². The molecule has 1 heterocycles. The number of halogens is 1. The number of carbonyl (C=O) groups excluding carboxylic acids is 1. The SMILES string of the molecule is COc1ccc(CCNC(=O)c2cc(S(=O)(=O)N3CCC[C@@H](C)C3)ccc2F)cc1OC. The largest absolute Gasteiger partial charge is 0.493 e. The third-order valence-electron chi connectivity index (χ3n) is 5.59. The average molecular weight is 465 g/mol. The Morgan fingerprint density at radius 3 is 2.59 bits per heavy atom. The molecule has 0 bridgehead atoms. The van der Waals surface area contributed by atoms with E-state index in [1.54, 1.807) is 19.2 Å². The molecule has 2 aromatic rings. The van der Waals surface area contributed by atoms with Gasteiger partial charge in [0.1, 0.15) is 5.82 Å². The van der Waals surface area contributed by atoms with Gasteiger partial charge in [0.05, 0.1) is 24.7 Å². The number of hydrogen-bond acceptors (Lipinski definition) is 5. The van der Waals surface area contributed by atoms with Gasteiger partial charge in [-0.1, -0.05) is 13.0 Å². The maximum absolute atomic E-state index is 14.3. The van der Waals surface area contributed by atoms with Crippen LogP contribution in [0.1, 0.15) is 35.7 Å². The molecule has 0 aromatic heterocycles. The van der Waals surface area contributed by atoms with Crippen LogP contribution in [0, 0.1) is 11.7 Å². The highest BCUT2D eigenvalue weighted by atomic mass is 32.2. The first-order valence-electron chi connectivity index (χ1n) is 10.5. The number of methoxy groups -OCH3 is 2. The van der Waals surface area contributed by atoms with Gasteiger partial charge in [0.2, 0.25) is 10.0 Å². The molecule has 0 unspecified atom stereocenters. The van der Waals surface area contributed by atoms with Crippen molar-refractivity contribution in [1.29, 1.82) is 0 Å². The number of ether oxygens (including phenoxy) is 2. The lowest BCUT2D eigenvalue weighted by atomic mass is 10.0. The summed E-state index contributed by atoms with van der Waals surface area (Å²) in [4.78, 5) is 12.5. The number of rotatable bonds is 8. The summed E-state index contributed by atoms with van der Waals surface area (Å²) in [6.45, 7) is 3.10. The van der Waals surface area contributed by atoms with Crippen molar-refractivity contribution in [2.45, 2.75) is 31.1 Å². The Morgan fingerprint density at radius 1 is 1.16 bits per heavy atom. The Morgan fingerprint density at radius 2 is 1.91 bits per heavy atom. The Balaban J connectivity index is 1.69. The third kappa shape index (κ3) is 5.39. The van der Waals surface area contributed by atoms with E-state index in [9.17, 15) is 17.6 Å². The van der Waals surface area contributed by atoms with E-state index < -0.39 is 21.7 Å². The van der Waals surface area contributed by atoms with Crippen molar-refractivity contribution in [2.24, 2.45) is 5.92 Å². The minimum absolute atomic E-state index is 0.0713. The molecule has 1 amide bonds. The Kier molecular flexibility index (Phi) is 7.73.